The van der Waals surface area contributed by atoms with Crippen molar-refractivity contribution >= 4 is 28.9 Å². The van der Waals surface area contributed by atoms with E-state index in [1.165, 1.54) is 6.08 Å². The van der Waals surface area contributed by atoms with Crippen LogP contribution in [0.15, 0.2) is 40.3 Å². The SMILES string of the molecule is COCC(C)n1c(C)cc(/C=C(/C#N)C(=O)NNC(=O)c2oc3ccccc3c2C)c1C. The van der Waals surface area contributed by atoms with Crippen LogP contribution in [-0.4, -0.2) is 30.1 Å². The Hall–Kier alpha value is -3.83. The van der Waals surface area contributed by atoms with Crippen LogP contribution in [0.5, 0.6) is 0 Å². The number of para-hydroxylation sites is 1. The molecule has 0 spiro atoms. The van der Waals surface area contributed by atoms with E-state index in [-0.39, 0.29) is 17.4 Å². The summed E-state index contributed by atoms with van der Waals surface area (Å²) in [6.07, 6.45) is 1.51. The number of ether oxygens (including phenoxy) is 1. The van der Waals surface area contributed by atoms with E-state index in [4.69, 9.17) is 9.15 Å². The number of carbonyl (C=O) groups excluding carboxylic acids is 2. The molecule has 2 N–H and O–H groups in total. The molecule has 0 fully saturated rings. The van der Waals surface area contributed by atoms with Crippen molar-refractivity contribution in [2.24, 2.45) is 0 Å². The summed E-state index contributed by atoms with van der Waals surface area (Å²) in [5.74, 6) is -1.22. The molecule has 0 saturated carbocycles. The molecule has 8 nitrogen and oxygen atoms in total. The van der Waals surface area contributed by atoms with Gasteiger partial charge in [0.15, 0.2) is 5.76 Å². The first-order chi connectivity index (χ1) is 15.3. The summed E-state index contributed by atoms with van der Waals surface area (Å²) in [4.78, 5) is 25.0. The molecule has 8 heteroatoms. The Kier molecular flexibility index (Phi) is 6.81. The van der Waals surface area contributed by atoms with Gasteiger partial charge in [0.25, 0.3) is 5.91 Å². The number of nitrogens with zero attached hydrogens (tertiary/aromatic N) is 2. The van der Waals surface area contributed by atoms with Crippen molar-refractivity contribution in [3.05, 3.63) is 64.2 Å². The first kappa shape index (κ1) is 22.8. The largest absolute Gasteiger partial charge is 0.451 e. The fourth-order valence-electron chi connectivity index (χ4n) is 3.88. The number of nitrogens with one attached hydrogen (secondary N) is 2. The summed E-state index contributed by atoms with van der Waals surface area (Å²) in [6.45, 7) is 8.22. The van der Waals surface area contributed by atoms with E-state index in [1.54, 1.807) is 20.1 Å². The molecular formula is C24H26N4O4. The fraction of sp³-hybridized carbons (Fsp3) is 0.292. The van der Waals surface area contributed by atoms with E-state index in [0.717, 1.165) is 22.3 Å². The molecule has 1 unspecified atom stereocenters. The highest BCUT2D eigenvalue weighted by Gasteiger charge is 2.19. The van der Waals surface area contributed by atoms with Crippen molar-refractivity contribution in [1.82, 2.24) is 15.4 Å². The van der Waals surface area contributed by atoms with E-state index >= 15 is 0 Å². The van der Waals surface area contributed by atoms with Gasteiger partial charge in [-0.3, -0.25) is 20.4 Å². The minimum absolute atomic E-state index is 0.102. The molecule has 32 heavy (non-hydrogen) atoms. The normalized spacial score (nSPS) is 12.4. The van der Waals surface area contributed by atoms with Gasteiger partial charge in [-0.25, -0.2) is 0 Å². The Balaban J connectivity index is 1.76. The molecule has 1 aromatic carbocycles. The van der Waals surface area contributed by atoms with Gasteiger partial charge in [-0.05, 0) is 51.5 Å². The minimum Gasteiger partial charge on any atom is -0.451 e. The molecule has 3 rings (SSSR count). The van der Waals surface area contributed by atoms with Crippen LogP contribution in [-0.2, 0) is 9.53 Å². The molecule has 3 aromatic rings. The van der Waals surface area contributed by atoms with Crippen LogP contribution < -0.4 is 10.9 Å². The number of benzene rings is 1. The van der Waals surface area contributed by atoms with Gasteiger partial charge >= 0.3 is 5.91 Å². The number of aromatic nitrogens is 1. The zero-order valence-electron chi connectivity index (χ0n) is 18.8. The molecule has 2 amide bonds. The third kappa shape index (κ3) is 4.43. The molecule has 0 aliphatic heterocycles. The lowest BCUT2D eigenvalue weighted by molar-refractivity contribution is -0.117. The highest BCUT2D eigenvalue weighted by Crippen LogP contribution is 2.25. The summed E-state index contributed by atoms with van der Waals surface area (Å²) in [7, 11) is 1.64. The molecule has 2 heterocycles. The molecule has 0 saturated heterocycles. The number of aryl methyl sites for hydroxylation is 2. The maximum Gasteiger partial charge on any atom is 0.305 e. The lowest BCUT2D eigenvalue weighted by Crippen LogP contribution is -2.42. The number of methoxy groups -OCH3 is 1. The van der Waals surface area contributed by atoms with Crippen molar-refractivity contribution in [3.8, 4) is 6.07 Å². The summed E-state index contributed by atoms with van der Waals surface area (Å²) < 4.78 is 12.9. The van der Waals surface area contributed by atoms with Crippen LogP contribution >= 0.6 is 0 Å². The maximum atomic E-state index is 12.5. The van der Waals surface area contributed by atoms with Gasteiger partial charge in [0.2, 0.25) is 0 Å². The molecule has 1 atom stereocenters. The number of rotatable bonds is 6. The topological polar surface area (TPSA) is 109 Å². The average Bonchev–Trinajstić information content (AvgIpc) is 3.26. The van der Waals surface area contributed by atoms with E-state index < -0.39 is 11.8 Å². The number of furan rings is 1. The Morgan fingerprint density at radius 1 is 1.25 bits per heavy atom. The Labute approximate surface area is 186 Å². The number of fused-ring (bicyclic) bond motifs is 1. The molecule has 0 radical (unpaired) electrons. The summed E-state index contributed by atoms with van der Waals surface area (Å²) in [6, 6.07) is 11.2. The van der Waals surface area contributed by atoms with Crippen molar-refractivity contribution in [2.75, 3.05) is 13.7 Å². The Morgan fingerprint density at radius 2 is 1.97 bits per heavy atom. The molecule has 0 aliphatic carbocycles. The summed E-state index contributed by atoms with van der Waals surface area (Å²) >= 11 is 0. The smallest absolute Gasteiger partial charge is 0.305 e. The second-order valence-electron chi connectivity index (χ2n) is 7.63. The highest BCUT2D eigenvalue weighted by atomic mass is 16.5. The first-order valence-electron chi connectivity index (χ1n) is 10.2. The number of amides is 2. The Bertz CT molecular complexity index is 1240. The lowest BCUT2D eigenvalue weighted by Gasteiger charge is -2.17. The van der Waals surface area contributed by atoms with Crippen LogP contribution in [0.4, 0.5) is 0 Å². The van der Waals surface area contributed by atoms with Gasteiger partial charge < -0.3 is 13.7 Å². The van der Waals surface area contributed by atoms with Crippen LogP contribution in [0.3, 0.4) is 0 Å². The van der Waals surface area contributed by atoms with Crippen LogP contribution in [0.25, 0.3) is 17.0 Å². The zero-order chi connectivity index (χ0) is 23.4. The van der Waals surface area contributed by atoms with Crippen molar-refractivity contribution in [2.45, 2.75) is 33.7 Å². The molecule has 2 aromatic heterocycles. The number of nitriles is 1. The van der Waals surface area contributed by atoms with E-state index in [1.807, 2.05) is 51.1 Å². The van der Waals surface area contributed by atoms with Gasteiger partial charge in [-0.2, -0.15) is 5.26 Å². The quantitative estimate of drug-likeness (QED) is 0.349. The second-order valence-corrected chi connectivity index (χ2v) is 7.63. The predicted molar refractivity (Wildman–Crippen MR) is 121 cm³/mol. The van der Waals surface area contributed by atoms with Gasteiger partial charge in [-0.1, -0.05) is 18.2 Å². The molecule has 0 aliphatic rings. The van der Waals surface area contributed by atoms with Gasteiger partial charge in [0.05, 0.1) is 12.6 Å². The first-order valence-corrected chi connectivity index (χ1v) is 10.2. The predicted octanol–water partition coefficient (Wildman–Crippen LogP) is 3.74. The number of hydrogen-bond donors (Lipinski definition) is 2. The van der Waals surface area contributed by atoms with E-state index in [9.17, 15) is 14.9 Å². The monoisotopic (exact) mass is 434 g/mol. The number of hydrazine groups is 1. The van der Waals surface area contributed by atoms with Gasteiger partial charge in [-0.15, -0.1) is 0 Å². The third-order valence-corrected chi connectivity index (χ3v) is 5.38. The number of carbonyl (C=O) groups is 2. The Morgan fingerprint density at radius 3 is 2.62 bits per heavy atom. The highest BCUT2D eigenvalue weighted by molar-refractivity contribution is 6.04. The van der Waals surface area contributed by atoms with Crippen LogP contribution in [0, 0.1) is 32.1 Å². The third-order valence-electron chi connectivity index (χ3n) is 5.38. The lowest BCUT2D eigenvalue weighted by atomic mass is 10.1. The molecular weight excluding hydrogens is 408 g/mol. The van der Waals surface area contributed by atoms with E-state index in [2.05, 4.69) is 15.4 Å². The minimum atomic E-state index is -0.718. The van der Waals surface area contributed by atoms with Crippen molar-refractivity contribution in [3.63, 3.8) is 0 Å². The van der Waals surface area contributed by atoms with Crippen LogP contribution in [0.2, 0.25) is 0 Å². The average molecular weight is 434 g/mol. The summed E-state index contributed by atoms with van der Waals surface area (Å²) in [5.41, 5.74) is 8.38. The fourth-order valence-corrected chi connectivity index (χ4v) is 3.88. The van der Waals surface area contributed by atoms with Crippen LogP contribution in [0.1, 0.15) is 46.0 Å². The summed E-state index contributed by atoms with van der Waals surface area (Å²) in [5, 5.41) is 10.3. The standard InChI is InChI=1S/C24H26N4O4/c1-14-10-18(17(4)28(14)15(2)13-31-5)11-19(12-25)23(29)26-27-24(30)22-16(3)20-8-6-7-9-21(20)32-22/h6-11,15H,13H2,1-5H3,(H,26,29)(H,27,30)/b19-11-. The van der Waals surface area contributed by atoms with Gasteiger partial charge in [0, 0.05) is 29.4 Å². The van der Waals surface area contributed by atoms with Gasteiger partial charge in [0.1, 0.15) is 17.2 Å². The number of hydrogen-bond acceptors (Lipinski definition) is 5. The van der Waals surface area contributed by atoms with Crippen molar-refractivity contribution < 1.29 is 18.7 Å². The molecule has 0 bridgehead atoms. The zero-order valence-corrected chi connectivity index (χ0v) is 18.8. The second kappa shape index (κ2) is 9.54. The van der Waals surface area contributed by atoms with E-state index in [0.29, 0.717) is 17.8 Å². The maximum absolute atomic E-state index is 12.5. The van der Waals surface area contributed by atoms with Crippen molar-refractivity contribution in [1.29, 1.82) is 5.26 Å². The molecule has 166 valence electrons.